The topological polar surface area (TPSA) is 73.1 Å². The van der Waals surface area contributed by atoms with Gasteiger partial charge >= 0.3 is 0 Å². The Labute approximate surface area is 105 Å². The number of rotatable bonds is 2. The molecule has 18 heavy (non-hydrogen) atoms. The summed E-state index contributed by atoms with van der Waals surface area (Å²) in [7, 11) is 0. The average molecular weight is 248 g/mol. The summed E-state index contributed by atoms with van der Waals surface area (Å²) in [6.45, 7) is 3.87. The lowest BCUT2D eigenvalue weighted by Gasteiger charge is -2.14. The summed E-state index contributed by atoms with van der Waals surface area (Å²) in [6.07, 6.45) is 3.33. The Morgan fingerprint density at radius 2 is 2.22 bits per heavy atom. The highest BCUT2D eigenvalue weighted by Crippen LogP contribution is 2.30. The van der Waals surface area contributed by atoms with Crippen molar-refractivity contribution in [3.8, 4) is 0 Å². The zero-order valence-corrected chi connectivity index (χ0v) is 10.5. The molecule has 0 amide bonds. The van der Waals surface area contributed by atoms with Crippen molar-refractivity contribution in [2.75, 3.05) is 6.61 Å². The van der Waals surface area contributed by atoms with Gasteiger partial charge in [0, 0.05) is 0 Å². The van der Waals surface area contributed by atoms with Crippen molar-refractivity contribution >= 4 is 11.2 Å². The summed E-state index contributed by atoms with van der Waals surface area (Å²) >= 11 is 0. The molecule has 2 aromatic rings. The summed E-state index contributed by atoms with van der Waals surface area (Å²) in [4.78, 5) is 13.1. The van der Waals surface area contributed by atoms with Gasteiger partial charge in [0.1, 0.15) is 17.6 Å². The molecule has 1 aliphatic rings. The monoisotopic (exact) mass is 248 g/mol. The second kappa shape index (κ2) is 4.29. The number of fused-ring (bicyclic) bond motifs is 1. The van der Waals surface area contributed by atoms with E-state index in [-0.39, 0.29) is 18.9 Å². The van der Waals surface area contributed by atoms with E-state index in [1.165, 1.54) is 0 Å². The molecule has 0 aliphatic carbocycles. The molecule has 0 saturated carbocycles. The average Bonchev–Trinajstić information content (AvgIpc) is 2.93. The van der Waals surface area contributed by atoms with Crippen LogP contribution in [0, 0.1) is 13.8 Å². The van der Waals surface area contributed by atoms with Gasteiger partial charge in [-0.05, 0) is 26.7 Å². The van der Waals surface area contributed by atoms with E-state index in [1.807, 2.05) is 18.4 Å². The van der Waals surface area contributed by atoms with Crippen LogP contribution in [0.3, 0.4) is 0 Å². The van der Waals surface area contributed by atoms with Crippen LogP contribution in [-0.4, -0.2) is 37.3 Å². The number of aryl methyl sites for hydroxylation is 2. The minimum Gasteiger partial charge on any atom is -0.394 e. The van der Waals surface area contributed by atoms with Crippen molar-refractivity contribution in [2.45, 2.75) is 39.0 Å². The van der Waals surface area contributed by atoms with E-state index in [1.54, 1.807) is 6.33 Å². The predicted molar refractivity (Wildman–Crippen MR) is 65.0 cm³/mol. The van der Waals surface area contributed by atoms with E-state index in [0.717, 1.165) is 35.5 Å². The highest BCUT2D eigenvalue weighted by atomic mass is 16.5. The Kier molecular flexibility index (Phi) is 2.76. The van der Waals surface area contributed by atoms with Gasteiger partial charge in [0.15, 0.2) is 5.65 Å². The molecule has 0 bridgehead atoms. The van der Waals surface area contributed by atoms with Crippen LogP contribution in [0.15, 0.2) is 6.33 Å². The summed E-state index contributed by atoms with van der Waals surface area (Å²) in [6, 6.07) is 0. The number of aliphatic hydroxyl groups excluding tert-OH is 1. The van der Waals surface area contributed by atoms with E-state index in [2.05, 4.69) is 15.0 Å². The van der Waals surface area contributed by atoms with Crippen LogP contribution in [0.2, 0.25) is 0 Å². The maximum atomic E-state index is 9.11. The molecule has 1 aliphatic heterocycles. The first kappa shape index (κ1) is 11.6. The molecule has 3 heterocycles. The van der Waals surface area contributed by atoms with Gasteiger partial charge < -0.3 is 9.84 Å². The molecule has 2 atom stereocenters. The third-order valence-corrected chi connectivity index (χ3v) is 3.31. The molecule has 2 unspecified atom stereocenters. The Morgan fingerprint density at radius 3 is 2.94 bits per heavy atom. The summed E-state index contributed by atoms with van der Waals surface area (Å²) in [5.41, 5.74) is 2.51. The normalized spacial score (nSPS) is 23.9. The molecule has 3 rings (SSSR count). The number of hydrogen-bond donors (Lipinski definition) is 1. The molecule has 1 N–H and O–H groups in total. The number of aromatic nitrogens is 4. The van der Waals surface area contributed by atoms with Crippen molar-refractivity contribution in [3.63, 3.8) is 0 Å². The maximum absolute atomic E-state index is 9.11. The fourth-order valence-electron chi connectivity index (χ4n) is 2.43. The van der Waals surface area contributed by atoms with Gasteiger partial charge in [-0.3, -0.25) is 4.57 Å². The molecule has 6 heteroatoms. The van der Waals surface area contributed by atoms with Crippen LogP contribution in [0.5, 0.6) is 0 Å². The molecule has 1 fully saturated rings. The second-order valence-electron chi connectivity index (χ2n) is 4.65. The first-order valence-corrected chi connectivity index (χ1v) is 6.13. The van der Waals surface area contributed by atoms with Gasteiger partial charge in [0.2, 0.25) is 0 Å². The Morgan fingerprint density at radius 1 is 1.39 bits per heavy atom. The summed E-state index contributed by atoms with van der Waals surface area (Å²) in [5.74, 6) is 0.735. The minimum atomic E-state index is -0.0825. The van der Waals surface area contributed by atoms with Gasteiger partial charge in [0.05, 0.1) is 24.7 Å². The summed E-state index contributed by atoms with van der Waals surface area (Å²) in [5, 5.41) is 9.11. The standard InChI is InChI=1S/C12H16N4O2/c1-7-11-12(15-8(2)14-7)16(6-13-11)10-4-3-9(5-17)18-10/h6,9-10,17H,3-5H2,1-2H3. The number of ether oxygens (including phenoxy) is 1. The molecule has 0 radical (unpaired) electrons. The third kappa shape index (κ3) is 1.77. The molecular formula is C12H16N4O2. The Hall–Kier alpha value is -1.53. The fraction of sp³-hybridized carbons (Fsp3) is 0.583. The Balaban J connectivity index is 2.03. The first-order chi connectivity index (χ1) is 8.69. The van der Waals surface area contributed by atoms with Crippen LogP contribution in [-0.2, 0) is 4.74 Å². The fourth-order valence-corrected chi connectivity index (χ4v) is 2.43. The highest BCUT2D eigenvalue weighted by molar-refractivity contribution is 5.73. The number of aliphatic hydroxyl groups is 1. The van der Waals surface area contributed by atoms with Crippen molar-refractivity contribution in [1.82, 2.24) is 19.5 Å². The Bertz CT molecular complexity index is 581. The lowest BCUT2D eigenvalue weighted by Crippen LogP contribution is -2.14. The van der Waals surface area contributed by atoms with E-state index in [4.69, 9.17) is 9.84 Å². The van der Waals surface area contributed by atoms with Crippen LogP contribution >= 0.6 is 0 Å². The van der Waals surface area contributed by atoms with E-state index in [0.29, 0.717) is 0 Å². The maximum Gasteiger partial charge on any atom is 0.165 e. The molecule has 96 valence electrons. The van der Waals surface area contributed by atoms with E-state index < -0.39 is 0 Å². The number of nitrogens with zero attached hydrogens (tertiary/aromatic N) is 4. The quantitative estimate of drug-likeness (QED) is 0.862. The van der Waals surface area contributed by atoms with Gasteiger partial charge in [-0.1, -0.05) is 0 Å². The third-order valence-electron chi connectivity index (χ3n) is 3.31. The highest BCUT2D eigenvalue weighted by Gasteiger charge is 2.27. The molecule has 6 nitrogen and oxygen atoms in total. The van der Waals surface area contributed by atoms with Gasteiger partial charge in [-0.15, -0.1) is 0 Å². The van der Waals surface area contributed by atoms with Gasteiger partial charge in [-0.2, -0.15) is 0 Å². The largest absolute Gasteiger partial charge is 0.394 e. The van der Waals surface area contributed by atoms with Gasteiger partial charge in [-0.25, -0.2) is 15.0 Å². The number of hydrogen-bond acceptors (Lipinski definition) is 5. The van der Waals surface area contributed by atoms with Crippen molar-refractivity contribution in [2.24, 2.45) is 0 Å². The zero-order chi connectivity index (χ0) is 12.7. The smallest absolute Gasteiger partial charge is 0.165 e. The predicted octanol–water partition coefficient (Wildman–Crippen LogP) is 1.11. The molecular weight excluding hydrogens is 232 g/mol. The van der Waals surface area contributed by atoms with Gasteiger partial charge in [0.25, 0.3) is 0 Å². The van der Waals surface area contributed by atoms with E-state index in [9.17, 15) is 0 Å². The van der Waals surface area contributed by atoms with Crippen LogP contribution in [0.4, 0.5) is 0 Å². The zero-order valence-electron chi connectivity index (χ0n) is 10.5. The SMILES string of the molecule is Cc1nc(C)c2ncn(C3CCC(CO)O3)c2n1. The lowest BCUT2D eigenvalue weighted by molar-refractivity contribution is -0.0207. The molecule has 0 spiro atoms. The van der Waals surface area contributed by atoms with Crippen LogP contribution < -0.4 is 0 Å². The lowest BCUT2D eigenvalue weighted by atomic mass is 10.2. The molecule has 2 aromatic heterocycles. The summed E-state index contributed by atoms with van der Waals surface area (Å²) < 4.78 is 7.69. The molecule has 0 aromatic carbocycles. The second-order valence-corrected chi connectivity index (χ2v) is 4.65. The van der Waals surface area contributed by atoms with Crippen LogP contribution in [0.25, 0.3) is 11.2 Å². The number of imidazole rings is 1. The van der Waals surface area contributed by atoms with Crippen molar-refractivity contribution in [1.29, 1.82) is 0 Å². The first-order valence-electron chi connectivity index (χ1n) is 6.13. The van der Waals surface area contributed by atoms with Crippen LogP contribution in [0.1, 0.15) is 30.6 Å². The van der Waals surface area contributed by atoms with E-state index >= 15 is 0 Å². The molecule has 1 saturated heterocycles. The van der Waals surface area contributed by atoms with Crippen molar-refractivity contribution < 1.29 is 9.84 Å². The van der Waals surface area contributed by atoms with Crippen molar-refractivity contribution in [3.05, 3.63) is 17.8 Å². The minimum absolute atomic E-state index is 0.0656.